The number of nitrogens with zero attached hydrogens (tertiary/aromatic N) is 3. The van der Waals surface area contributed by atoms with Crippen molar-refractivity contribution in [3.05, 3.63) is 70.9 Å². The van der Waals surface area contributed by atoms with Crippen LogP contribution in [0.25, 0.3) is 0 Å². The fraction of sp³-hybridized carbons (Fsp3) is 0.346. The van der Waals surface area contributed by atoms with Crippen molar-refractivity contribution >= 4 is 29.0 Å². The standard InChI is InChI=1S/C26H31N7O/c1-33(2)16-17-4-3-5-21(12-17)29-24-23(25(34)30-20-8-9-20)15-28-26(32-24)31-22-7-6-19-14-27-11-10-18(19)13-22/h3-7,12-13,15,20,27H,8-11,14,16H2,1-2H3,(H,30,34)(H2,28,29,31,32). The van der Waals surface area contributed by atoms with E-state index in [1.807, 2.05) is 32.3 Å². The van der Waals surface area contributed by atoms with Crippen LogP contribution in [0, 0.1) is 0 Å². The zero-order chi connectivity index (χ0) is 23.5. The summed E-state index contributed by atoms with van der Waals surface area (Å²) >= 11 is 0. The molecule has 8 nitrogen and oxygen atoms in total. The number of amides is 1. The molecule has 0 radical (unpaired) electrons. The van der Waals surface area contributed by atoms with Crippen molar-refractivity contribution in [1.29, 1.82) is 0 Å². The van der Waals surface area contributed by atoms with Crippen LogP contribution in [0.1, 0.15) is 39.9 Å². The van der Waals surface area contributed by atoms with Crippen LogP contribution in [0.15, 0.2) is 48.7 Å². The van der Waals surface area contributed by atoms with E-state index in [2.05, 4.69) is 55.4 Å². The Labute approximate surface area is 200 Å². The van der Waals surface area contributed by atoms with E-state index in [1.54, 1.807) is 6.20 Å². The summed E-state index contributed by atoms with van der Waals surface area (Å²) in [7, 11) is 4.08. The van der Waals surface area contributed by atoms with Gasteiger partial charge in [0.2, 0.25) is 5.95 Å². The van der Waals surface area contributed by atoms with Crippen molar-refractivity contribution in [3.8, 4) is 0 Å². The molecule has 34 heavy (non-hydrogen) atoms. The molecule has 2 aliphatic rings. The number of hydrogen-bond acceptors (Lipinski definition) is 7. The molecule has 5 rings (SSSR count). The molecule has 1 aliphatic heterocycles. The Morgan fingerprint density at radius 3 is 2.76 bits per heavy atom. The van der Waals surface area contributed by atoms with Gasteiger partial charge in [-0.05, 0) is 80.9 Å². The van der Waals surface area contributed by atoms with Gasteiger partial charge in [-0.15, -0.1) is 0 Å². The third kappa shape index (κ3) is 5.52. The van der Waals surface area contributed by atoms with Crippen molar-refractivity contribution in [2.75, 3.05) is 31.3 Å². The molecular weight excluding hydrogens is 426 g/mol. The van der Waals surface area contributed by atoms with E-state index in [1.165, 1.54) is 16.7 Å². The summed E-state index contributed by atoms with van der Waals surface area (Å²) in [5, 5.41) is 13.1. The Balaban J connectivity index is 1.41. The second-order valence-corrected chi connectivity index (χ2v) is 9.30. The summed E-state index contributed by atoms with van der Waals surface area (Å²) in [6.45, 7) is 2.71. The van der Waals surface area contributed by atoms with E-state index < -0.39 is 0 Å². The maximum absolute atomic E-state index is 12.9. The number of carbonyl (C=O) groups is 1. The minimum absolute atomic E-state index is 0.151. The van der Waals surface area contributed by atoms with Crippen LogP contribution < -0.4 is 21.3 Å². The van der Waals surface area contributed by atoms with Gasteiger partial charge in [0, 0.05) is 36.7 Å². The van der Waals surface area contributed by atoms with Gasteiger partial charge >= 0.3 is 0 Å². The van der Waals surface area contributed by atoms with Crippen molar-refractivity contribution in [1.82, 2.24) is 25.5 Å². The van der Waals surface area contributed by atoms with Crippen LogP contribution in [0.2, 0.25) is 0 Å². The topological polar surface area (TPSA) is 94.2 Å². The lowest BCUT2D eigenvalue weighted by molar-refractivity contribution is 0.0951. The molecule has 4 N–H and O–H groups in total. The maximum Gasteiger partial charge on any atom is 0.256 e. The molecule has 2 heterocycles. The van der Waals surface area contributed by atoms with Crippen molar-refractivity contribution in [2.45, 2.75) is 38.4 Å². The van der Waals surface area contributed by atoms with E-state index in [0.29, 0.717) is 17.3 Å². The lowest BCUT2D eigenvalue weighted by Gasteiger charge is -2.18. The highest BCUT2D eigenvalue weighted by molar-refractivity contribution is 5.99. The van der Waals surface area contributed by atoms with E-state index in [0.717, 1.165) is 50.3 Å². The normalized spacial score (nSPS) is 15.0. The highest BCUT2D eigenvalue weighted by Gasteiger charge is 2.26. The van der Waals surface area contributed by atoms with E-state index in [-0.39, 0.29) is 11.9 Å². The van der Waals surface area contributed by atoms with Gasteiger partial charge in [0.25, 0.3) is 5.91 Å². The van der Waals surface area contributed by atoms with Crippen molar-refractivity contribution in [3.63, 3.8) is 0 Å². The predicted octanol–water partition coefficient (Wildman–Crippen LogP) is 3.56. The number of rotatable bonds is 8. The molecule has 1 saturated carbocycles. The van der Waals surface area contributed by atoms with Crippen LogP contribution in [-0.2, 0) is 19.5 Å². The summed E-state index contributed by atoms with van der Waals surface area (Å²) in [6.07, 6.45) is 4.65. The number of aromatic nitrogens is 2. The van der Waals surface area contributed by atoms with E-state index >= 15 is 0 Å². The highest BCUT2D eigenvalue weighted by Crippen LogP contribution is 2.26. The number of nitrogens with one attached hydrogen (secondary N) is 4. The van der Waals surface area contributed by atoms with Crippen LogP contribution in [0.3, 0.4) is 0 Å². The lowest BCUT2D eigenvalue weighted by atomic mass is 10.0. The Bertz CT molecular complexity index is 1190. The fourth-order valence-corrected chi connectivity index (χ4v) is 4.13. The van der Waals surface area contributed by atoms with Crippen LogP contribution >= 0.6 is 0 Å². The van der Waals surface area contributed by atoms with Gasteiger partial charge in [-0.3, -0.25) is 4.79 Å². The van der Waals surface area contributed by atoms with E-state index in [4.69, 9.17) is 4.98 Å². The summed E-state index contributed by atoms with van der Waals surface area (Å²) in [6, 6.07) is 14.7. The van der Waals surface area contributed by atoms with Gasteiger partial charge in [-0.2, -0.15) is 4.98 Å². The van der Waals surface area contributed by atoms with Crippen LogP contribution in [0.5, 0.6) is 0 Å². The Morgan fingerprint density at radius 2 is 1.94 bits per heavy atom. The smallest absolute Gasteiger partial charge is 0.256 e. The molecule has 8 heteroatoms. The maximum atomic E-state index is 12.9. The Hall–Kier alpha value is -3.49. The molecule has 1 fully saturated rings. The van der Waals surface area contributed by atoms with Gasteiger partial charge < -0.3 is 26.2 Å². The first-order chi connectivity index (χ1) is 16.5. The van der Waals surface area contributed by atoms with Gasteiger partial charge in [-0.1, -0.05) is 18.2 Å². The molecule has 1 aliphatic carbocycles. The first-order valence-electron chi connectivity index (χ1n) is 11.8. The second kappa shape index (κ2) is 9.79. The molecular formula is C26H31N7O. The summed E-state index contributed by atoms with van der Waals surface area (Å²) in [4.78, 5) is 24.2. The average molecular weight is 458 g/mol. The van der Waals surface area contributed by atoms with Crippen LogP contribution in [-0.4, -0.2) is 47.5 Å². The fourth-order valence-electron chi connectivity index (χ4n) is 4.13. The van der Waals surface area contributed by atoms with Gasteiger partial charge in [-0.25, -0.2) is 4.98 Å². The summed E-state index contributed by atoms with van der Waals surface area (Å²) < 4.78 is 0. The van der Waals surface area contributed by atoms with Gasteiger partial charge in [0.1, 0.15) is 11.4 Å². The minimum atomic E-state index is -0.151. The molecule has 176 valence electrons. The van der Waals surface area contributed by atoms with E-state index in [9.17, 15) is 4.79 Å². The Morgan fingerprint density at radius 1 is 1.09 bits per heavy atom. The summed E-state index contributed by atoms with van der Waals surface area (Å²) in [5.74, 6) is 0.783. The van der Waals surface area contributed by atoms with Crippen LogP contribution in [0.4, 0.5) is 23.1 Å². The number of benzene rings is 2. The largest absolute Gasteiger partial charge is 0.349 e. The number of hydrogen-bond donors (Lipinski definition) is 4. The SMILES string of the molecule is CN(C)Cc1cccc(Nc2nc(Nc3ccc4c(c3)CCNC4)ncc2C(=O)NC2CC2)c1. The van der Waals surface area contributed by atoms with Crippen molar-refractivity contribution in [2.24, 2.45) is 0 Å². The average Bonchev–Trinajstić information content (AvgIpc) is 3.63. The quantitative estimate of drug-likeness (QED) is 0.411. The number of fused-ring (bicyclic) bond motifs is 1. The zero-order valence-electron chi connectivity index (χ0n) is 19.7. The number of carbonyl (C=O) groups excluding carboxylic acids is 1. The number of anilines is 4. The lowest BCUT2D eigenvalue weighted by Crippen LogP contribution is -2.26. The molecule has 1 amide bonds. The second-order valence-electron chi connectivity index (χ2n) is 9.30. The minimum Gasteiger partial charge on any atom is -0.349 e. The summed E-state index contributed by atoms with van der Waals surface area (Å²) in [5.41, 5.74) is 6.09. The molecule has 1 aromatic heterocycles. The Kier molecular flexibility index (Phi) is 6.42. The third-order valence-corrected chi connectivity index (χ3v) is 5.98. The molecule has 0 atom stereocenters. The predicted molar refractivity (Wildman–Crippen MR) is 135 cm³/mol. The van der Waals surface area contributed by atoms with Crippen molar-refractivity contribution < 1.29 is 4.79 Å². The molecule has 0 saturated heterocycles. The third-order valence-electron chi connectivity index (χ3n) is 5.98. The zero-order valence-corrected chi connectivity index (χ0v) is 19.7. The molecule has 0 unspecified atom stereocenters. The van der Waals surface area contributed by atoms with Gasteiger partial charge in [0.05, 0.1) is 0 Å². The monoisotopic (exact) mass is 457 g/mol. The first kappa shape index (κ1) is 22.3. The molecule has 2 aromatic carbocycles. The highest BCUT2D eigenvalue weighted by atomic mass is 16.1. The molecule has 0 bridgehead atoms. The first-order valence-corrected chi connectivity index (χ1v) is 11.8. The van der Waals surface area contributed by atoms with Gasteiger partial charge in [0.15, 0.2) is 0 Å². The molecule has 0 spiro atoms. The molecule has 3 aromatic rings.